The van der Waals surface area contributed by atoms with Crippen LogP contribution in [0.25, 0.3) is 11.0 Å². The Hall–Kier alpha value is -2.61. The molecule has 0 aliphatic carbocycles. The van der Waals surface area contributed by atoms with Crippen molar-refractivity contribution in [2.75, 3.05) is 26.2 Å². The number of rotatable bonds is 5. The van der Waals surface area contributed by atoms with E-state index in [1.165, 1.54) is 36.9 Å². The standard InChI is InChI=1S/C22H31N5O3/c1-25-18-14-15(13-17(21(23)29)20(18)24-22(25)30)5-6-19(28)27-11-7-16(8-12-27)26-9-3-2-4-10-26/h13-14,16H,2-12H2,1H3,(H2,23,29)(H,24,30). The number of aryl methyl sites for hydroxylation is 2. The van der Waals surface area contributed by atoms with Crippen LogP contribution in [0.3, 0.4) is 0 Å². The van der Waals surface area contributed by atoms with Crippen LogP contribution in [0.5, 0.6) is 0 Å². The molecule has 162 valence electrons. The van der Waals surface area contributed by atoms with Crippen LogP contribution in [0.15, 0.2) is 16.9 Å². The summed E-state index contributed by atoms with van der Waals surface area (Å²) < 4.78 is 1.46. The molecule has 2 aliphatic heterocycles. The fraction of sp³-hybridized carbons (Fsp3) is 0.591. The van der Waals surface area contributed by atoms with Crippen molar-refractivity contribution in [2.24, 2.45) is 12.8 Å². The van der Waals surface area contributed by atoms with Gasteiger partial charge < -0.3 is 20.5 Å². The quantitative estimate of drug-likeness (QED) is 0.772. The summed E-state index contributed by atoms with van der Waals surface area (Å²) in [6.07, 6.45) is 6.93. The Kier molecular flexibility index (Phi) is 5.94. The number of aromatic nitrogens is 2. The van der Waals surface area contributed by atoms with E-state index in [-0.39, 0.29) is 17.2 Å². The number of imidazole rings is 1. The van der Waals surface area contributed by atoms with Crippen molar-refractivity contribution in [3.8, 4) is 0 Å². The van der Waals surface area contributed by atoms with Gasteiger partial charge in [-0.05, 0) is 62.9 Å². The zero-order valence-electron chi connectivity index (χ0n) is 17.7. The van der Waals surface area contributed by atoms with Crippen LogP contribution in [0.4, 0.5) is 0 Å². The summed E-state index contributed by atoms with van der Waals surface area (Å²) in [5.41, 5.74) is 7.41. The van der Waals surface area contributed by atoms with Gasteiger partial charge in [-0.25, -0.2) is 4.79 Å². The smallest absolute Gasteiger partial charge is 0.326 e. The van der Waals surface area contributed by atoms with Gasteiger partial charge in [0.2, 0.25) is 5.91 Å². The molecule has 2 aromatic rings. The van der Waals surface area contributed by atoms with E-state index in [0.717, 1.165) is 31.5 Å². The molecule has 2 amide bonds. The number of fused-ring (bicyclic) bond motifs is 1. The van der Waals surface area contributed by atoms with Crippen molar-refractivity contribution in [1.29, 1.82) is 0 Å². The number of nitrogens with two attached hydrogens (primary N) is 1. The predicted octanol–water partition coefficient (Wildman–Crippen LogP) is 1.37. The molecule has 1 aromatic carbocycles. The van der Waals surface area contributed by atoms with Crippen molar-refractivity contribution in [1.82, 2.24) is 19.4 Å². The van der Waals surface area contributed by atoms with Crippen molar-refractivity contribution >= 4 is 22.8 Å². The molecule has 0 saturated carbocycles. The fourth-order valence-corrected chi connectivity index (χ4v) is 4.89. The molecule has 0 radical (unpaired) electrons. The highest BCUT2D eigenvalue weighted by atomic mass is 16.2. The van der Waals surface area contributed by atoms with Gasteiger partial charge in [0.05, 0.1) is 16.6 Å². The topological polar surface area (TPSA) is 104 Å². The maximum absolute atomic E-state index is 12.8. The molecule has 3 heterocycles. The maximum Gasteiger partial charge on any atom is 0.326 e. The predicted molar refractivity (Wildman–Crippen MR) is 115 cm³/mol. The van der Waals surface area contributed by atoms with Gasteiger partial charge >= 0.3 is 5.69 Å². The van der Waals surface area contributed by atoms with Crippen LogP contribution < -0.4 is 11.4 Å². The minimum Gasteiger partial charge on any atom is -0.366 e. The first-order valence-electron chi connectivity index (χ1n) is 11.0. The number of likely N-dealkylation sites (tertiary alicyclic amines) is 2. The molecular weight excluding hydrogens is 382 g/mol. The molecule has 0 atom stereocenters. The third kappa shape index (κ3) is 4.14. The van der Waals surface area contributed by atoms with Gasteiger partial charge in [-0.1, -0.05) is 6.42 Å². The average Bonchev–Trinajstić information content (AvgIpc) is 3.06. The van der Waals surface area contributed by atoms with E-state index >= 15 is 0 Å². The number of hydrogen-bond donors (Lipinski definition) is 2. The monoisotopic (exact) mass is 413 g/mol. The number of piperidine rings is 2. The molecule has 2 saturated heterocycles. The maximum atomic E-state index is 12.8. The molecule has 0 unspecified atom stereocenters. The number of carbonyl (C=O) groups is 2. The summed E-state index contributed by atoms with van der Waals surface area (Å²) >= 11 is 0. The number of hydrogen-bond acceptors (Lipinski definition) is 4. The summed E-state index contributed by atoms with van der Waals surface area (Å²) in [4.78, 5) is 43.8. The molecule has 0 bridgehead atoms. The highest BCUT2D eigenvalue weighted by Crippen LogP contribution is 2.22. The fourth-order valence-electron chi connectivity index (χ4n) is 4.89. The van der Waals surface area contributed by atoms with Crippen molar-refractivity contribution in [3.63, 3.8) is 0 Å². The first kappa shape index (κ1) is 20.7. The van der Waals surface area contributed by atoms with Crippen molar-refractivity contribution < 1.29 is 9.59 Å². The normalized spacial score (nSPS) is 18.8. The van der Waals surface area contributed by atoms with E-state index in [9.17, 15) is 14.4 Å². The lowest BCUT2D eigenvalue weighted by molar-refractivity contribution is -0.132. The van der Waals surface area contributed by atoms with Gasteiger partial charge in [-0.2, -0.15) is 0 Å². The van der Waals surface area contributed by atoms with E-state index in [0.29, 0.717) is 29.9 Å². The first-order chi connectivity index (χ1) is 14.4. The Bertz CT molecular complexity index is 994. The third-order valence-electron chi connectivity index (χ3n) is 6.69. The molecule has 8 nitrogen and oxygen atoms in total. The minimum atomic E-state index is -0.588. The van der Waals surface area contributed by atoms with Gasteiger partial charge in [-0.3, -0.25) is 14.2 Å². The van der Waals surface area contributed by atoms with Gasteiger partial charge in [-0.15, -0.1) is 0 Å². The van der Waals surface area contributed by atoms with E-state index in [1.807, 2.05) is 11.0 Å². The second-order valence-electron chi connectivity index (χ2n) is 8.60. The number of primary amides is 1. The molecule has 2 fully saturated rings. The number of nitrogens with one attached hydrogen (secondary N) is 1. The van der Waals surface area contributed by atoms with Crippen LogP contribution >= 0.6 is 0 Å². The summed E-state index contributed by atoms with van der Waals surface area (Å²) in [6.45, 7) is 4.03. The zero-order valence-corrected chi connectivity index (χ0v) is 17.7. The average molecular weight is 414 g/mol. The van der Waals surface area contributed by atoms with Gasteiger partial charge in [0.15, 0.2) is 0 Å². The lowest BCUT2D eigenvalue weighted by atomic mass is 9.99. The molecule has 4 rings (SSSR count). The summed E-state index contributed by atoms with van der Waals surface area (Å²) in [5.74, 6) is -0.439. The van der Waals surface area contributed by atoms with E-state index < -0.39 is 5.91 Å². The number of nitrogens with zero attached hydrogens (tertiary/aromatic N) is 3. The molecular formula is C22H31N5O3. The van der Waals surface area contributed by atoms with Crippen LogP contribution in [0, 0.1) is 0 Å². The number of amides is 2. The van der Waals surface area contributed by atoms with Crippen LogP contribution in [-0.4, -0.2) is 63.4 Å². The van der Waals surface area contributed by atoms with E-state index in [1.54, 1.807) is 13.1 Å². The summed E-state index contributed by atoms with van der Waals surface area (Å²) in [7, 11) is 1.65. The van der Waals surface area contributed by atoms with Gasteiger partial charge in [0.1, 0.15) is 0 Å². The zero-order chi connectivity index (χ0) is 21.3. The van der Waals surface area contributed by atoms with Crippen molar-refractivity contribution in [2.45, 2.75) is 51.0 Å². The third-order valence-corrected chi connectivity index (χ3v) is 6.69. The number of benzene rings is 1. The Labute approximate surface area is 176 Å². The molecule has 3 N–H and O–H groups in total. The molecule has 1 aromatic heterocycles. The minimum absolute atomic E-state index is 0.149. The second kappa shape index (κ2) is 8.63. The van der Waals surface area contributed by atoms with Crippen LogP contribution in [-0.2, 0) is 18.3 Å². The summed E-state index contributed by atoms with van der Waals surface area (Å²) in [5, 5.41) is 0. The Morgan fingerprint density at radius 3 is 2.47 bits per heavy atom. The number of H-pyrrole nitrogens is 1. The molecule has 0 spiro atoms. The Morgan fingerprint density at radius 1 is 1.10 bits per heavy atom. The summed E-state index contributed by atoms with van der Waals surface area (Å²) in [6, 6.07) is 4.16. The van der Waals surface area contributed by atoms with E-state index in [2.05, 4.69) is 9.88 Å². The van der Waals surface area contributed by atoms with Gasteiger partial charge in [0.25, 0.3) is 5.91 Å². The SMILES string of the molecule is Cn1c(=O)[nH]c2c(C(N)=O)cc(CCC(=O)N3CCC(N4CCCCC4)CC3)cc21. The van der Waals surface area contributed by atoms with Crippen LogP contribution in [0.1, 0.15) is 54.4 Å². The second-order valence-corrected chi connectivity index (χ2v) is 8.60. The lowest BCUT2D eigenvalue weighted by Gasteiger charge is -2.40. The van der Waals surface area contributed by atoms with Crippen molar-refractivity contribution in [3.05, 3.63) is 33.7 Å². The van der Waals surface area contributed by atoms with Crippen LogP contribution in [0.2, 0.25) is 0 Å². The number of aromatic amines is 1. The highest BCUT2D eigenvalue weighted by molar-refractivity contribution is 6.04. The molecule has 30 heavy (non-hydrogen) atoms. The lowest BCUT2D eigenvalue weighted by Crippen LogP contribution is -2.48. The number of carbonyl (C=O) groups excluding carboxylic acids is 2. The highest BCUT2D eigenvalue weighted by Gasteiger charge is 2.27. The molecule has 8 heteroatoms. The first-order valence-corrected chi connectivity index (χ1v) is 11.0. The van der Waals surface area contributed by atoms with E-state index in [4.69, 9.17) is 5.73 Å². The Balaban J connectivity index is 1.38. The molecule has 2 aliphatic rings. The largest absolute Gasteiger partial charge is 0.366 e. The van der Waals surface area contributed by atoms with Gasteiger partial charge in [0, 0.05) is 32.6 Å². The Morgan fingerprint density at radius 2 is 1.80 bits per heavy atom.